The zero-order valence-electron chi connectivity index (χ0n) is 10.0. The van der Waals surface area contributed by atoms with Gasteiger partial charge in [-0.25, -0.2) is 0 Å². The Balaban J connectivity index is 2.14. The summed E-state index contributed by atoms with van der Waals surface area (Å²) >= 11 is 3.32. The van der Waals surface area contributed by atoms with Gasteiger partial charge in [-0.1, -0.05) is 12.1 Å². The first-order valence-corrected chi connectivity index (χ1v) is 6.77. The van der Waals surface area contributed by atoms with E-state index in [9.17, 15) is 10.1 Å². The zero-order valence-corrected chi connectivity index (χ0v) is 11.6. The maximum Gasteiger partial charge on any atom is 0.283 e. The van der Waals surface area contributed by atoms with Gasteiger partial charge in [0.2, 0.25) is 0 Å². The normalized spacial score (nSPS) is 20.9. The van der Waals surface area contributed by atoms with Gasteiger partial charge in [0.1, 0.15) is 0 Å². The molecule has 2 N–H and O–H groups in total. The molecule has 0 saturated carbocycles. The fourth-order valence-corrected chi connectivity index (χ4v) is 2.84. The molecule has 1 fully saturated rings. The van der Waals surface area contributed by atoms with Crippen molar-refractivity contribution in [3.05, 3.63) is 38.3 Å². The summed E-state index contributed by atoms with van der Waals surface area (Å²) in [6.07, 6.45) is 2.15. The molecular formula is C12H16BrN3O2. The van der Waals surface area contributed by atoms with Crippen LogP contribution < -0.4 is 5.73 Å². The van der Waals surface area contributed by atoms with Gasteiger partial charge in [-0.3, -0.25) is 15.0 Å². The number of nitrogens with two attached hydrogens (primary N) is 1. The Labute approximate surface area is 114 Å². The van der Waals surface area contributed by atoms with Crippen LogP contribution in [0.25, 0.3) is 0 Å². The fraction of sp³-hybridized carbons (Fsp3) is 0.500. The summed E-state index contributed by atoms with van der Waals surface area (Å²) < 4.78 is 0.578. The molecule has 18 heavy (non-hydrogen) atoms. The Kier molecular flexibility index (Phi) is 4.31. The third kappa shape index (κ3) is 3.07. The van der Waals surface area contributed by atoms with Gasteiger partial charge in [-0.15, -0.1) is 0 Å². The molecule has 1 saturated heterocycles. The Bertz CT molecular complexity index is 453. The van der Waals surface area contributed by atoms with Crippen LogP contribution in [0.4, 0.5) is 5.69 Å². The lowest BCUT2D eigenvalue weighted by molar-refractivity contribution is -0.385. The van der Waals surface area contributed by atoms with Gasteiger partial charge in [0, 0.05) is 25.2 Å². The number of nitro benzene ring substituents is 1. The van der Waals surface area contributed by atoms with E-state index in [0.29, 0.717) is 11.0 Å². The van der Waals surface area contributed by atoms with Crippen molar-refractivity contribution in [3.8, 4) is 0 Å². The first-order chi connectivity index (χ1) is 8.58. The minimum absolute atomic E-state index is 0.119. The number of benzene rings is 1. The Morgan fingerprint density at radius 2 is 2.33 bits per heavy atom. The van der Waals surface area contributed by atoms with E-state index in [1.54, 1.807) is 6.07 Å². The fourth-order valence-electron chi connectivity index (χ4n) is 2.31. The highest BCUT2D eigenvalue weighted by molar-refractivity contribution is 9.10. The van der Waals surface area contributed by atoms with E-state index in [0.717, 1.165) is 31.5 Å². The highest BCUT2D eigenvalue weighted by Crippen LogP contribution is 2.29. The standard InChI is InChI=1S/C12H16BrN3O2/c13-12-9(3-1-5-11(12)16(17)18)7-15-6-2-4-10(14)8-15/h1,3,5,10H,2,4,6-8,14H2. The summed E-state index contributed by atoms with van der Waals surface area (Å²) in [6.45, 7) is 2.56. The second-order valence-corrected chi connectivity index (χ2v) is 5.44. The Morgan fingerprint density at radius 1 is 1.56 bits per heavy atom. The first-order valence-electron chi connectivity index (χ1n) is 5.97. The maximum absolute atomic E-state index is 10.9. The van der Waals surface area contributed by atoms with E-state index in [1.165, 1.54) is 6.07 Å². The number of hydrogen-bond donors (Lipinski definition) is 1. The number of rotatable bonds is 3. The van der Waals surface area contributed by atoms with Crippen LogP contribution in [0.3, 0.4) is 0 Å². The Hall–Kier alpha value is -0.980. The minimum atomic E-state index is -0.366. The van der Waals surface area contributed by atoms with Gasteiger partial charge in [-0.2, -0.15) is 0 Å². The number of hydrogen-bond acceptors (Lipinski definition) is 4. The average molecular weight is 314 g/mol. The molecule has 0 aliphatic carbocycles. The van der Waals surface area contributed by atoms with Crippen LogP contribution in [0.2, 0.25) is 0 Å². The number of halogens is 1. The van der Waals surface area contributed by atoms with Crippen molar-refractivity contribution < 1.29 is 4.92 Å². The largest absolute Gasteiger partial charge is 0.327 e. The topological polar surface area (TPSA) is 72.4 Å². The number of piperidine rings is 1. The third-order valence-corrected chi connectivity index (χ3v) is 4.11. The molecule has 1 heterocycles. The lowest BCUT2D eigenvalue weighted by Gasteiger charge is -2.30. The molecule has 1 aliphatic rings. The SMILES string of the molecule is NC1CCCN(Cc2cccc([N+](=O)[O-])c2Br)C1. The summed E-state index contributed by atoms with van der Waals surface area (Å²) in [4.78, 5) is 12.7. The highest BCUT2D eigenvalue weighted by atomic mass is 79.9. The van der Waals surface area contributed by atoms with Crippen LogP contribution in [-0.2, 0) is 6.54 Å². The average Bonchev–Trinajstić information content (AvgIpc) is 2.31. The summed E-state index contributed by atoms with van der Waals surface area (Å²) in [5.41, 5.74) is 7.00. The molecule has 0 radical (unpaired) electrons. The van der Waals surface area contributed by atoms with Crippen molar-refractivity contribution in [1.29, 1.82) is 0 Å². The van der Waals surface area contributed by atoms with Gasteiger partial charge < -0.3 is 5.73 Å². The number of likely N-dealkylation sites (tertiary alicyclic amines) is 1. The zero-order chi connectivity index (χ0) is 13.1. The van der Waals surface area contributed by atoms with Crippen LogP contribution in [0, 0.1) is 10.1 Å². The molecule has 0 amide bonds. The molecule has 5 nitrogen and oxygen atoms in total. The van der Waals surface area contributed by atoms with Crippen LogP contribution >= 0.6 is 15.9 Å². The third-order valence-electron chi connectivity index (χ3n) is 3.19. The lowest BCUT2D eigenvalue weighted by atomic mass is 10.1. The molecule has 0 spiro atoms. The van der Waals surface area contributed by atoms with E-state index in [4.69, 9.17) is 5.73 Å². The molecule has 6 heteroatoms. The minimum Gasteiger partial charge on any atom is -0.327 e. The first kappa shape index (κ1) is 13.5. The summed E-state index contributed by atoms with van der Waals surface area (Å²) in [7, 11) is 0. The van der Waals surface area contributed by atoms with Gasteiger partial charge in [0.15, 0.2) is 0 Å². The van der Waals surface area contributed by atoms with Crippen molar-refractivity contribution in [1.82, 2.24) is 4.90 Å². The molecular weight excluding hydrogens is 298 g/mol. The quantitative estimate of drug-likeness (QED) is 0.686. The van der Waals surface area contributed by atoms with E-state index >= 15 is 0 Å². The number of nitrogens with zero attached hydrogens (tertiary/aromatic N) is 2. The molecule has 1 aromatic carbocycles. The molecule has 2 rings (SSSR count). The van der Waals surface area contributed by atoms with Gasteiger partial charge in [-0.05, 0) is 40.9 Å². The molecule has 1 aliphatic heterocycles. The molecule has 0 aromatic heterocycles. The summed E-state index contributed by atoms with van der Waals surface area (Å²) in [6, 6.07) is 5.37. The summed E-state index contributed by atoms with van der Waals surface area (Å²) in [5, 5.41) is 10.9. The molecule has 0 bridgehead atoms. The monoisotopic (exact) mass is 313 g/mol. The second kappa shape index (κ2) is 5.77. The van der Waals surface area contributed by atoms with Crippen LogP contribution in [-0.4, -0.2) is 29.0 Å². The predicted octanol–water partition coefficient (Wildman–Crippen LogP) is 2.28. The van der Waals surface area contributed by atoms with Crippen LogP contribution in [0.5, 0.6) is 0 Å². The lowest BCUT2D eigenvalue weighted by Crippen LogP contribution is -2.42. The molecule has 1 aromatic rings. The van der Waals surface area contributed by atoms with Gasteiger partial charge in [0.25, 0.3) is 5.69 Å². The van der Waals surface area contributed by atoms with Gasteiger partial charge >= 0.3 is 0 Å². The van der Waals surface area contributed by atoms with E-state index < -0.39 is 0 Å². The molecule has 98 valence electrons. The van der Waals surface area contributed by atoms with E-state index in [1.807, 2.05) is 6.07 Å². The van der Waals surface area contributed by atoms with Crippen LogP contribution in [0.1, 0.15) is 18.4 Å². The Morgan fingerprint density at radius 3 is 3.00 bits per heavy atom. The smallest absolute Gasteiger partial charge is 0.283 e. The highest BCUT2D eigenvalue weighted by Gasteiger charge is 2.20. The van der Waals surface area contributed by atoms with Gasteiger partial charge in [0.05, 0.1) is 9.40 Å². The molecule has 1 unspecified atom stereocenters. The van der Waals surface area contributed by atoms with Crippen molar-refractivity contribution in [2.24, 2.45) is 5.73 Å². The number of nitro groups is 1. The van der Waals surface area contributed by atoms with Crippen molar-refractivity contribution >= 4 is 21.6 Å². The predicted molar refractivity (Wildman–Crippen MR) is 73.3 cm³/mol. The van der Waals surface area contributed by atoms with Crippen molar-refractivity contribution in [2.75, 3.05) is 13.1 Å². The van der Waals surface area contributed by atoms with E-state index in [2.05, 4.69) is 20.8 Å². The summed E-state index contributed by atoms with van der Waals surface area (Å²) in [5.74, 6) is 0. The second-order valence-electron chi connectivity index (χ2n) is 4.64. The molecule has 1 atom stereocenters. The maximum atomic E-state index is 10.9. The van der Waals surface area contributed by atoms with Crippen LogP contribution in [0.15, 0.2) is 22.7 Å². The van der Waals surface area contributed by atoms with Crippen molar-refractivity contribution in [3.63, 3.8) is 0 Å². The van der Waals surface area contributed by atoms with Crippen molar-refractivity contribution in [2.45, 2.75) is 25.4 Å². The van der Waals surface area contributed by atoms with E-state index in [-0.39, 0.29) is 16.7 Å².